The van der Waals surface area contributed by atoms with Crippen LogP contribution < -0.4 is 5.32 Å². The minimum atomic E-state index is -0.131. The molecule has 0 saturated heterocycles. The summed E-state index contributed by atoms with van der Waals surface area (Å²) >= 11 is 0. The number of carbonyl (C=O) groups excluding carboxylic acids is 2. The van der Waals surface area contributed by atoms with E-state index in [0.29, 0.717) is 17.8 Å². The molecule has 0 aliphatic heterocycles. The van der Waals surface area contributed by atoms with Gasteiger partial charge in [0.2, 0.25) is 5.91 Å². The van der Waals surface area contributed by atoms with Crippen LogP contribution in [0, 0.1) is 6.92 Å². The minimum absolute atomic E-state index is 0.0612. The Bertz CT molecular complexity index is 693. The van der Waals surface area contributed by atoms with Crippen molar-refractivity contribution in [2.24, 2.45) is 0 Å². The Balaban J connectivity index is 1.94. The van der Waals surface area contributed by atoms with E-state index in [1.165, 1.54) is 12.5 Å². The Morgan fingerprint density at radius 2 is 1.70 bits per heavy atom. The van der Waals surface area contributed by atoms with Gasteiger partial charge in [-0.3, -0.25) is 14.5 Å². The van der Waals surface area contributed by atoms with Crippen LogP contribution in [0.3, 0.4) is 0 Å². The van der Waals surface area contributed by atoms with Gasteiger partial charge in [0.25, 0.3) is 0 Å². The molecule has 2 aromatic rings. The van der Waals surface area contributed by atoms with Gasteiger partial charge in [0, 0.05) is 12.1 Å². The molecule has 0 unspecified atom stereocenters. The Morgan fingerprint density at radius 3 is 2.35 bits per heavy atom. The van der Waals surface area contributed by atoms with Crippen molar-refractivity contribution < 1.29 is 9.59 Å². The number of carbonyl (C=O) groups is 2. The highest BCUT2D eigenvalue weighted by atomic mass is 16.2. The van der Waals surface area contributed by atoms with Crippen LogP contribution in [0.2, 0.25) is 0 Å². The number of aryl methyl sites for hydroxylation is 1. The SMILES string of the molecule is CC(=O)c1ccccc1NC(=O)CN(C)Cc1ccc(C)cc1. The molecule has 2 rings (SSSR count). The number of Topliss-reactive ketones (excluding diaryl/α,β-unsaturated/α-hetero) is 1. The molecule has 4 heteroatoms. The van der Waals surface area contributed by atoms with Crippen LogP contribution in [0.4, 0.5) is 5.69 Å². The lowest BCUT2D eigenvalue weighted by Gasteiger charge is -2.17. The molecule has 1 amide bonds. The number of benzene rings is 2. The average Bonchev–Trinajstić information content (AvgIpc) is 2.49. The van der Waals surface area contributed by atoms with Crippen molar-refractivity contribution in [3.63, 3.8) is 0 Å². The number of rotatable bonds is 6. The molecule has 0 aliphatic carbocycles. The molecule has 1 N–H and O–H groups in total. The summed E-state index contributed by atoms with van der Waals surface area (Å²) in [5.74, 6) is -0.192. The molecule has 0 fully saturated rings. The molecule has 0 atom stereocenters. The lowest BCUT2D eigenvalue weighted by atomic mass is 10.1. The van der Waals surface area contributed by atoms with Crippen LogP contribution in [-0.4, -0.2) is 30.2 Å². The lowest BCUT2D eigenvalue weighted by Crippen LogP contribution is -2.30. The van der Waals surface area contributed by atoms with Gasteiger partial charge in [0.1, 0.15) is 0 Å². The van der Waals surface area contributed by atoms with Crippen molar-refractivity contribution in [3.05, 3.63) is 65.2 Å². The van der Waals surface area contributed by atoms with Crippen LogP contribution in [0.5, 0.6) is 0 Å². The van der Waals surface area contributed by atoms with Gasteiger partial charge in [0.15, 0.2) is 5.78 Å². The fraction of sp³-hybridized carbons (Fsp3) is 0.263. The fourth-order valence-electron chi connectivity index (χ4n) is 2.40. The average molecular weight is 310 g/mol. The highest BCUT2D eigenvalue weighted by Crippen LogP contribution is 2.15. The molecule has 0 bridgehead atoms. The first-order valence-corrected chi connectivity index (χ1v) is 7.59. The topological polar surface area (TPSA) is 49.4 Å². The van der Waals surface area contributed by atoms with Gasteiger partial charge >= 0.3 is 0 Å². The van der Waals surface area contributed by atoms with E-state index in [-0.39, 0.29) is 18.2 Å². The van der Waals surface area contributed by atoms with E-state index in [4.69, 9.17) is 0 Å². The van der Waals surface area contributed by atoms with Gasteiger partial charge in [-0.25, -0.2) is 0 Å². The second kappa shape index (κ2) is 7.70. The normalized spacial score (nSPS) is 10.6. The zero-order chi connectivity index (χ0) is 16.8. The van der Waals surface area contributed by atoms with E-state index in [0.717, 1.165) is 5.56 Å². The maximum absolute atomic E-state index is 12.2. The number of nitrogens with zero attached hydrogens (tertiary/aromatic N) is 1. The van der Waals surface area contributed by atoms with Crippen LogP contribution in [0.15, 0.2) is 48.5 Å². The minimum Gasteiger partial charge on any atom is -0.324 e. The standard InChI is InChI=1S/C19H22N2O2/c1-14-8-10-16(11-9-14)12-21(3)13-19(23)20-18-7-5-4-6-17(18)15(2)22/h4-11H,12-13H2,1-3H3,(H,20,23). The van der Waals surface area contributed by atoms with Crippen molar-refractivity contribution in [2.75, 3.05) is 18.9 Å². The third-order valence-corrected chi connectivity index (χ3v) is 3.57. The molecule has 2 aromatic carbocycles. The second-order valence-electron chi connectivity index (χ2n) is 5.81. The first kappa shape index (κ1) is 16.9. The summed E-state index contributed by atoms with van der Waals surface area (Å²) in [6.07, 6.45) is 0. The highest BCUT2D eigenvalue weighted by Gasteiger charge is 2.11. The molecule has 4 nitrogen and oxygen atoms in total. The summed E-state index contributed by atoms with van der Waals surface area (Å²) in [4.78, 5) is 25.7. The first-order valence-electron chi connectivity index (χ1n) is 7.59. The molecule has 120 valence electrons. The van der Waals surface area contributed by atoms with E-state index >= 15 is 0 Å². The Kier molecular flexibility index (Phi) is 5.66. The van der Waals surface area contributed by atoms with Crippen molar-refractivity contribution >= 4 is 17.4 Å². The van der Waals surface area contributed by atoms with Crippen molar-refractivity contribution in [1.82, 2.24) is 4.90 Å². The van der Waals surface area contributed by atoms with Crippen molar-refractivity contribution in [2.45, 2.75) is 20.4 Å². The zero-order valence-corrected chi connectivity index (χ0v) is 13.8. The lowest BCUT2D eigenvalue weighted by molar-refractivity contribution is -0.117. The summed E-state index contributed by atoms with van der Waals surface area (Å²) in [6, 6.07) is 15.3. The van der Waals surface area contributed by atoms with Gasteiger partial charge in [-0.2, -0.15) is 0 Å². The van der Waals surface area contributed by atoms with Gasteiger partial charge < -0.3 is 5.32 Å². The predicted octanol–water partition coefficient (Wildman–Crippen LogP) is 3.27. The third kappa shape index (κ3) is 5.04. The number of ketones is 1. The van der Waals surface area contributed by atoms with Gasteiger partial charge in [-0.05, 0) is 38.6 Å². The number of hydrogen-bond donors (Lipinski definition) is 1. The van der Waals surface area contributed by atoms with E-state index in [1.807, 2.05) is 18.9 Å². The number of para-hydroxylation sites is 1. The van der Waals surface area contributed by atoms with E-state index in [1.54, 1.807) is 24.3 Å². The monoisotopic (exact) mass is 310 g/mol. The largest absolute Gasteiger partial charge is 0.324 e. The molecular formula is C19H22N2O2. The smallest absolute Gasteiger partial charge is 0.238 e. The number of amides is 1. The summed E-state index contributed by atoms with van der Waals surface area (Å²) < 4.78 is 0. The molecule has 0 aliphatic rings. The molecule has 23 heavy (non-hydrogen) atoms. The molecule has 0 aromatic heterocycles. The Morgan fingerprint density at radius 1 is 1.04 bits per heavy atom. The van der Waals surface area contributed by atoms with Crippen molar-refractivity contribution in [3.8, 4) is 0 Å². The van der Waals surface area contributed by atoms with Gasteiger partial charge in [0.05, 0.1) is 12.2 Å². The van der Waals surface area contributed by atoms with E-state index in [9.17, 15) is 9.59 Å². The number of likely N-dealkylation sites (N-methyl/N-ethyl adjacent to an activating group) is 1. The number of nitrogens with one attached hydrogen (secondary N) is 1. The van der Waals surface area contributed by atoms with Crippen LogP contribution >= 0.6 is 0 Å². The van der Waals surface area contributed by atoms with Crippen molar-refractivity contribution in [1.29, 1.82) is 0 Å². The summed E-state index contributed by atoms with van der Waals surface area (Å²) in [6.45, 7) is 4.50. The molecule has 0 heterocycles. The van der Waals surface area contributed by atoms with Gasteiger partial charge in [-0.15, -0.1) is 0 Å². The Labute approximate surface area is 137 Å². The molecule has 0 saturated carbocycles. The summed E-state index contributed by atoms with van der Waals surface area (Å²) in [7, 11) is 1.90. The Hall–Kier alpha value is -2.46. The maximum atomic E-state index is 12.2. The number of hydrogen-bond acceptors (Lipinski definition) is 3. The summed E-state index contributed by atoms with van der Waals surface area (Å²) in [5.41, 5.74) is 3.47. The highest BCUT2D eigenvalue weighted by molar-refractivity contribution is 6.04. The summed E-state index contributed by atoms with van der Waals surface area (Å²) in [5, 5.41) is 2.82. The van der Waals surface area contributed by atoms with Gasteiger partial charge in [-0.1, -0.05) is 42.0 Å². The van der Waals surface area contributed by atoms with Crippen LogP contribution in [0.25, 0.3) is 0 Å². The molecular weight excluding hydrogens is 288 g/mol. The quantitative estimate of drug-likeness (QED) is 0.833. The predicted molar refractivity (Wildman–Crippen MR) is 92.6 cm³/mol. The molecule has 0 radical (unpaired) electrons. The first-order chi connectivity index (χ1) is 11.0. The van der Waals surface area contributed by atoms with E-state index < -0.39 is 0 Å². The third-order valence-electron chi connectivity index (χ3n) is 3.57. The van der Waals surface area contributed by atoms with E-state index in [2.05, 4.69) is 29.6 Å². The van der Waals surface area contributed by atoms with Crippen LogP contribution in [-0.2, 0) is 11.3 Å². The fourth-order valence-corrected chi connectivity index (χ4v) is 2.40. The second-order valence-corrected chi connectivity index (χ2v) is 5.81. The molecule has 0 spiro atoms. The maximum Gasteiger partial charge on any atom is 0.238 e. The zero-order valence-electron chi connectivity index (χ0n) is 13.8. The number of anilines is 1. The van der Waals surface area contributed by atoms with Crippen LogP contribution in [0.1, 0.15) is 28.4 Å².